The lowest BCUT2D eigenvalue weighted by Gasteiger charge is -2.47. The number of nitrogens with one attached hydrogen (secondary N) is 1. The van der Waals surface area contributed by atoms with Crippen molar-refractivity contribution in [1.29, 1.82) is 0 Å². The maximum atomic E-state index is 14.2. The number of hydrogen-bond acceptors (Lipinski definition) is 15. The Morgan fingerprint density at radius 3 is 1.32 bits per heavy atom. The van der Waals surface area contributed by atoms with Gasteiger partial charge in [-0.25, -0.2) is 19.2 Å². The molecule has 0 radical (unpaired) electrons. The fourth-order valence-corrected chi connectivity index (χ4v) is 8.71. The van der Waals surface area contributed by atoms with Crippen LogP contribution in [0.3, 0.4) is 0 Å². The normalized spacial score (nSPS) is 23.2. The molecular weight excluding hydrogens is 1060 g/mol. The van der Waals surface area contributed by atoms with Crippen molar-refractivity contribution < 1.29 is 71.3 Å². The first-order valence-corrected chi connectivity index (χ1v) is 25.7. The Hall–Kier alpha value is -6.41. The van der Waals surface area contributed by atoms with Crippen molar-refractivity contribution in [3.05, 3.63) is 215 Å². The molecule has 2 aliphatic heterocycles. The summed E-state index contributed by atoms with van der Waals surface area (Å²) in [5, 5.41) is 2.65. The molecule has 8 rings (SSSR count). The number of halogens is 3. The third-order valence-corrected chi connectivity index (χ3v) is 12.6. The van der Waals surface area contributed by atoms with Crippen molar-refractivity contribution >= 4 is 58.8 Å². The van der Waals surface area contributed by atoms with Crippen LogP contribution in [0.2, 0.25) is 0 Å². The Kier molecular flexibility index (Phi) is 20.9. The Bertz CT molecular complexity index is 2770. The zero-order valence-electron chi connectivity index (χ0n) is 41.6. The molecule has 0 aromatic heterocycles. The summed E-state index contributed by atoms with van der Waals surface area (Å²) in [6.07, 6.45) is -12.5. The number of amides is 1. The van der Waals surface area contributed by atoms with Gasteiger partial charge < -0.3 is 57.4 Å². The second-order valence-electron chi connectivity index (χ2n) is 17.7. The van der Waals surface area contributed by atoms with E-state index in [1.807, 2.05) is 91.0 Å². The molecule has 2 saturated heterocycles. The molecule has 0 unspecified atom stereocenters. The van der Waals surface area contributed by atoms with E-state index in [4.69, 9.17) is 86.9 Å². The molecule has 77 heavy (non-hydrogen) atoms. The molecule has 6 aromatic carbocycles. The molecule has 1 amide bonds. The minimum atomic E-state index is -2.04. The molecule has 0 spiro atoms. The van der Waals surface area contributed by atoms with Crippen LogP contribution >= 0.6 is 34.8 Å². The summed E-state index contributed by atoms with van der Waals surface area (Å²) >= 11 is 18.0. The zero-order chi connectivity index (χ0) is 54.0. The number of alkyl carbamates (subject to hydrolysis) is 1. The van der Waals surface area contributed by atoms with E-state index in [0.29, 0.717) is 0 Å². The maximum Gasteiger partial charge on any atom is 0.407 e. The summed E-state index contributed by atoms with van der Waals surface area (Å²) in [5.41, 5.74) is 3.01. The minimum Gasteiger partial charge on any atom is -0.459 e. The minimum absolute atomic E-state index is 0.0967. The molecule has 19 heteroatoms. The van der Waals surface area contributed by atoms with E-state index in [2.05, 4.69) is 5.32 Å². The van der Waals surface area contributed by atoms with Gasteiger partial charge in [0.25, 0.3) is 0 Å². The number of alkyl halides is 3. The molecule has 2 heterocycles. The zero-order valence-corrected chi connectivity index (χ0v) is 43.9. The van der Waals surface area contributed by atoms with Gasteiger partial charge >= 0.3 is 24.0 Å². The van der Waals surface area contributed by atoms with Crippen molar-refractivity contribution in [3.8, 4) is 0 Å². The highest BCUT2D eigenvalue weighted by atomic mass is 35.6. The Morgan fingerprint density at radius 2 is 0.857 bits per heavy atom. The van der Waals surface area contributed by atoms with Crippen LogP contribution in [-0.4, -0.2) is 116 Å². The monoisotopic (exact) mass is 1110 g/mol. The van der Waals surface area contributed by atoms with Crippen molar-refractivity contribution in [3.63, 3.8) is 0 Å². The van der Waals surface area contributed by atoms with Crippen LogP contribution in [0, 0.1) is 0 Å². The molecular formula is C58H56Cl3NO15. The maximum absolute atomic E-state index is 14.2. The summed E-state index contributed by atoms with van der Waals surface area (Å²) in [4.78, 5) is 55.8. The quantitative estimate of drug-likeness (QED) is 0.0385. The van der Waals surface area contributed by atoms with Gasteiger partial charge in [0, 0.05) is 7.11 Å². The van der Waals surface area contributed by atoms with Gasteiger partial charge in [0.05, 0.1) is 43.1 Å². The smallest absolute Gasteiger partial charge is 0.407 e. The van der Waals surface area contributed by atoms with Crippen LogP contribution in [0.5, 0.6) is 0 Å². The molecule has 6 aromatic rings. The first-order valence-electron chi connectivity index (χ1n) is 24.6. The van der Waals surface area contributed by atoms with E-state index in [-0.39, 0.29) is 36.5 Å². The molecule has 1 N–H and O–H groups in total. The molecule has 0 bridgehead atoms. The molecule has 0 saturated carbocycles. The van der Waals surface area contributed by atoms with Gasteiger partial charge in [-0.3, -0.25) is 0 Å². The highest BCUT2D eigenvalue weighted by molar-refractivity contribution is 6.67. The van der Waals surface area contributed by atoms with Gasteiger partial charge in [0.1, 0.15) is 49.8 Å². The highest BCUT2D eigenvalue weighted by Gasteiger charge is 2.54. The average Bonchev–Trinajstić information content (AvgIpc) is 3.47. The fourth-order valence-electron chi connectivity index (χ4n) is 8.55. The van der Waals surface area contributed by atoms with Gasteiger partial charge in [-0.2, -0.15) is 0 Å². The van der Waals surface area contributed by atoms with Crippen molar-refractivity contribution in [2.45, 2.75) is 85.0 Å². The SMILES string of the molecule is CO[C@H]1O[C@H](CO[C@@H]2O[C@H](COC(=O)c3ccccc3)[C@@H](OC(=O)c3ccccc3)[C@H](OC(=O)c3ccccc3)[C@H]2NC(=O)OCC(Cl)(Cl)Cl)[C@@H](OCc2ccccc2)[C@H](OCc2ccccc2)[C@H]1OCc1ccccc1. The van der Waals surface area contributed by atoms with E-state index >= 15 is 0 Å². The lowest BCUT2D eigenvalue weighted by atomic mass is 9.95. The number of carbonyl (C=O) groups is 4. The Balaban J connectivity index is 1.18. The summed E-state index contributed by atoms with van der Waals surface area (Å²) in [6, 6.07) is 51.1. The molecule has 2 aliphatic rings. The number of hydrogen-bond donors (Lipinski definition) is 1. The molecule has 0 aliphatic carbocycles. The number of esters is 3. The van der Waals surface area contributed by atoms with Gasteiger partial charge in [-0.15, -0.1) is 0 Å². The number of carbonyl (C=O) groups excluding carboxylic acids is 4. The van der Waals surface area contributed by atoms with Gasteiger partial charge in [0.2, 0.25) is 3.79 Å². The van der Waals surface area contributed by atoms with Crippen LogP contribution in [0.4, 0.5) is 4.79 Å². The lowest BCUT2D eigenvalue weighted by Crippen LogP contribution is -2.67. The third-order valence-electron chi connectivity index (χ3n) is 12.3. The Labute approximate surface area is 460 Å². The Morgan fingerprint density at radius 1 is 0.455 bits per heavy atom. The van der Waals surface area contributed by atoms with Crippen LogP contribution in [0.15, 0.2) is 182 Å². The second kappa shape index (κ2) is 28.3. The van der Waals surface area contributed by atoms with Gasteiger partial charge in [-0.05, 0) is 53.1 Å². The number of ether oxygens (including phenoxy) is 11. The number of rotatable bonds is 22. The predicted octanol–water partition coefficient (Wildman–Crippen LogP) is 9.63. The first kappa shape index (κ1) is 56.8. The van der Waals surface area contributed by atoms with Crippen LogP contribution < -0.4 is 5.32 Å². The molecule has 2 fully saturated rings. The largest absolute Gasteiger partial charge is 0.459 e. The summed E-state index contributed by atoms with van der Waals surface area (Å²) in [6.45, 7) is -1.30. The van der Waals surface area contributed by atoms with Crippen molar-refractivity contribution in [2.24, 2.45) is 0 Å². The third kappa shape index (κ3) is 16.6. The van der Waals surface area contributed by atoms with E-state index in [9.17, 15) is 19.2 Å². The number of methoxy groups -OCH3 is 1. The summed E-state index contributed by atoms with van der Waals surface area (Å²) < 4.78 is 67.8. The van der Waals surface area contributed by atoms with E-state index < -0.39 is 109 Å². The predicted molar refractivity (Wildman–Crippen MR) is 282 cm³/mol. The summed E-state index contributed by atoms with van der Waals surface area (Å²) in [5.74, 6) is -2.52. The average molecular weight is 1110 g/mol. The van der Waals surface area contributed by atoms with Crippen LogP contribution in [0.25, 0.3) is 0 Å². The molecule has 16 nitrogen and oxygen atoms in total. The van der Waals surface area contributed by atoms with Gasteiger partial charge in [-0.1, -0.05) is 180 Å². The van der Waals surface area contributed by atoms with Crippen LogP contribution in [-0.2, 0) is 71.9 Å². The van der Waals surface area contributed by atoms with Crippen LogP contribution in [0.1, 0.15) is 47.8 Å². The number of benzene rings is 6. The highest BCUT2D eigenvalue weighted by Crippen LogP contribution is 2.34. The summed E-state index contributed by atoms with van der Waals surface area (Å²) in [7, 11) is 1.47. The fraction of sp³-hybridized carbons (Fsp3) is 0.310. The van der Waals surface area contributed by atoms with E-state index in [1.54, 1.807) is 66.7 Å². The lowest BCUT2D eigenvalue weighted by molar-refractivity contribution is -0.334. The van der Waals surface area contributed by atoms with Crippen molar-refractivity contribution in [1.82, 2.24) is 5.32 Å². The molecule has 404 valence electrons. The van der Waals surface area contributed by atoms with Gasteiger partial charge in [0.15, 0.2) is 24.8 Å². The standard InChI is InChI=1S/C58H56Cl3NO15/c1-67-56-51(70-34-40-24-12-4-13-25-40)50(69-33-39-22-10-3-11-23-39)47(68-32-38-20-8-2-9-21-38)44(75-56)36-72-55-46(62-57(66)73-37-58(59,60)61)49(77-54(65)43-30-18-7-19-31-43)48(76-53(64)42-28-16-6-17-29-42)45(74-55)35-71-52(63)41-26-14-5-15-27-41/h2-31,44-51,55-56H,32-37H2,1H3,(H,62,66)/t44-,45-,46-,47-,48-,49-,50+,51-,55-,56+/m1/s1. The van der Waals surface area contributed by atoms with Crippen molar-refractivity contribution in [2.75, 3.05) is 26.9 Å². The van der Waals surface area contributed by atoms with E-state index in [0.717, 1.165) is 16.7 Å². The van der Waals surface area contributed by atoms with E-state index in [1.165, 1.54) is 31.4 Å². The first-order chi connectivity index (χ1) is 37.4. The second-order valence-corrected chi connectivity index (χ2v) is 20.3. The topological polar surface area (TPSA) is 182 Å². The molecule has 10 atom stereocenters.